The first-order valence-corrected chi connectivity index (χ1v) is 6.55. The number of nitrogens with two attached hydrogens (primary N) is 2. The van der Waals surface area contributed by atoms with Crippen LogP contribution in [-0.2, 0) is 0 Å². The highest BCUT2D eigenvalue weighted by atomic mass is 14.7. The average molecular weight is 257 g/mol. The van der Waals surface area contributed by atoms with Gasteiger partial charge in [0, 0.05) is 6.07 Å². The zero-order valence-corrected chi connectivity index (χ0v) is 10.9. The Balaban J connectivity index is 2.22. The van der Waals surface area contributed by atoms with Crippen LogP contribution in [0.5, 0.6) is 0 Å². The normalized spacial score (nSPS) is 11.4. The van der Waals surface area contributed by atoms with Crippen LogP contribution >= 0.6 is 0 Å². The van der Waals surface area contributed by atoms with Gasteiger partial charge >= 0.3 is 0 Å². The molecule has 4 aromatic rings. The Bertz CT molecular complexity index is 971. The van der Waals surface area contributed by atoms with Gasteiger partial charge in [0.1, 0.15) is 0 Å². The molecule has 0 heterocycles. The monoisotopic (exact) mass is 257 g/mol. The van der Waals surface area contributed by atoms with E-state index in [1.165, 1.54) is 16.2 Å². The second-order valence-corrected chi connectivity index (χ2v) is 5.09. The molecule has 95 valence electrons. The van der Waals surface area contributed by atoms with Crippen molar-refractivity contribution in [2.45, 2.75) is 0 Å². The summed E-state index contributed by atoms with van der Waals surface area (Å²) in [7, 11) is 0. The molecular weight excluding hydrogens is 244 g/mol. The van der Waals surface area contributed by atoms with Gasteiger partial charge in [-0.05, 0) is 50.5 Å². The van der Waals surface area contributed by atoms with E-state index in [-0.39, 0.29) is 0 Å². The van der Waals surface area contributed by atoms with Crippen molar-refractivity contribution in [3.8, 4) is 0 Å². The van der Waals surface area contributed by atoms with E-state index in [9.17, 15) is 0 Å². The molecule has 0 saturated heterocycles. The Kier molecular flexibility index (Phi) is 2.15. The van der Waals surface area contributed by atoms with Gasteiger partial charge in [-0.3, -0.25) is 0 Å². The van der Waals surface area contributed by atoms with Crippen LogP contribution in [0.15, 0.2) is 54.6 Å². The van der Waals surface area contributed by atoms with Crippen LogP contribution in [0.2, 0.25) is 0 Å². The number of hydrogen-bond acceptors (Lipinski definition) is 2. The van der Waals surface area contributed by atoms with Gasteiger partial charge in [-0.2, -0.15) is 0 Å². The fraction of sp³-hybridized carbons (Fsp3) is 0. The lowest BCUT2D eigenvalue weighted by Crippen LogP contribution is -1.94. The molecule has 0 saturated carbocycles. The molecule has 4 aromatic carbocycles. The van der Waals surface area contributed by atoms with Gasteiger partial charge in [-0.25, -0.2) is 0 Å². The van der Waals surface area contributed by atoms with Gasteiger partial charge < -0.3 is 11.5 Å². The lowest BCUT2D eigenvalue weighted by molar-refractivity contribution is 1.71. The Labute approximate surface area is 116 Å². The maximum atomic E-state index is 5.91. The first kappa shape index (κ1) is 11.1. The molecule has 2 heteroatoms. The van der Waals surface area contributed by atoms with E-state index in [2.05, 4.69) is 54.6 Å². The van der Waals surface area contributed by atoms with E-state index in [0.29, 0.717) is 11.4 Å². The molecule has 0 spiro atoms. The summed E-state index contributed by atoms with van der Waals surface area (Å²) < 4.78 is 0. The van der Waals surface area contributed by atoms with E-state index >= 15 is 0 Å². The van der Waals surface area contributed by atoms with Gasteiger partial charge in [-0.1, -0.05) is 36.4 Å². The summed E-state index contributed by atoms with van der Waals surface area (Å²) in [5, 5.41) is 6.91. The van der Waals surface area contributed by atoms with Crippen molar-refractivity contribution in [2.75, 3.05) is 11.5 Å². The Hall–Kier alpha value is -2.74. The Morgan fingerprint density at radius 1 is 0.700 bits per heavy atom. The zero-order valence-electron chi connectivity index (χ0n) is 10.9. The lowest BCUT2D eigenvalue weighted by Gasteiger charge is -2.08. The highest BCUT2D eigenvalue weighted by Crippen LogP contribution is 2.32. The minimum Gasteiger partial charge on any atom is -0.397 e. The lowest BCUT2D eigenvalue weighted by atomic mass is 9.97. The standard InChI is InChI=1S/C18H13N2/c19-17-9-14-6-5-13-7-11-3-1-2-4-12(11)8-15(13)16(14)10-18(17)20/h1-9H,19-20H2. The van der Waals surface area contributed by atoms with E-state index in [1.807, 2.05) is 6.07 Å². The molecule has 0 unspecified atom stereocenters. The summed E-state index contributed by atoms with van der Waals surface area (Å²) >= 11 is 0. The van der Waals surface area contributed by atoms with Crippen LogP contribution in [0.3, 0.4) is 0 Å². The molecule has 0 fully saturated rings. The minimum atomic E-state index is 0.512. The highest BCUT2D eigenvalue weighted by molar-refractivity contribution is 6.13. The van der Waals surface area contributed by atoms with E-state index < -0.39 is 0 Å². The smallest absolute Gasteiger partial charge is 0.0635 e. The predicted molar refractivity (Wildman–Crippen MR) is 86.6 cm³/mol. The summed E-state index contributed by atoms with van der Waals surface area (Å²) in [5.74, 6) is 0. The summed E-state index contributed by atoms with van der Waals surface area (Å²) in [6, 6.07) is 22.1. The molecule has 1 radical (unpaired) electrons. The molecule has 0 aromatic heterocycles. The molecule has 0 bridgehead atoms. The van der Waals surface area contributed by atoms with Crippen molar-refractivity contribution in [1.29, 1.82) is 0 Å². The molecule has 0 amide bonds. The molecule has 0 atom stereocenters. The van der Waals surface area contributed by atoms with Crippen molar-refractivity contribution in [1.82, 2.24) is 0 Å². The first-order valence-electron chi connectivity index (χ1n) is 6.55. The van der Waals surface area contributed by atoms with Crippen molar-refractivity contribution in [3.63, 3.8) is 0 Å². The number of anilines is 2. The van der Waals surface area contributed by atoms with Crippen LogP contribution in [-0.4, -0.2) is 0 Å². The number of hydrogen-bond donors (Lipinski definition) is 2. The van der Waals surface area contributed by atoms with E-state index in [4.69, 9.17) is 11.5 Å². The predicted octanol–water partition coefficient (Wildman–Crippen LogP) is 4.11. The van der Waals surface area contributed by atoms with E-state index in [1.54, 1.807) is 0 Å². The fourth-order valence-electron chi connectivity index (χ4n) is 2.74. The molecule has 0 aliphatic heterocycles. The molecule has 2 nitrogen and oxygen atoms in total. The van der Waals surface area contributed by atoms with Crippen molar-refractivity contribution < 1.29 is 0 Å². The Morgan fingerprint density at radius 3 is 2.20 bits per heavy atom. The molecule has 4 rings (SSSR count). The van der Waals surface area contributed by atoms with Crippen molar-refractivity contribution >= 4 is 43.7 Å². The number of fused-ring (bicyclic) bond motifs is 4. The van der Waals surface area contributed by atoms with Crippen molar-refractivity contribution in [3.05, 3.63) is 60.7 Å². The maximum Gasteiger partial charge on any atom is 0.0635 e. The second-order valence-electron chi connectivity index (χ2n) is 5.09. The Morgan fingerprint density at radius 2 is 1.40 bits per heavy atom. The zero-order chi connectivity index (χ0) is 13.7. The minimum absolute atomic E-state index is 0.512. The third-order valence-electron chi connectivity index (χ3n) is 3.80. The average Bonchev–Trinajstić information content (AvgIpc) is 2.47. The summed E-state index contributed by atoms with van der Waals surface area (Å²) in [6.07, 6.45) is 0. The number of benzene rings is 4. The van der Waals surface area contributed by atoms with Crippen LogP contribution in [0.25, 0.3) is 32.3 Å². The summed E-state index contributed by atoms with van der Waals surface area (Å²) in [4.78, 5) is 0. The molecule has 4 N–H and O–H groups in total. The highest BCUT2D eigenvalue weighted by Gasteiger charge is 2.05. The summed E-state index contributed by atoms with van der Waals surface area (Å²) in [5.41, 5.74) is 12.9. The van der Waals surface area contributed by atoms with Gasteiger partial charge in [0.15, 0.2) is 0 Å². The van der Waals surface area contributed by atoms with E-state index in [0.717, 1.165) is 16.2 Å². The molecule has 0 aliphatic rings. The molecule has 0 aliphatic carbocycles. The molecule has 20 heavy (non-hydrogen) atoms. The SMILES string of the molecule is Nc1[c]c2c(ccc3cc4ccccc4cc32)cc1N. The van der Waals surface area contributed by atoms with Crippen LogP contribution in [0.1, 0.15) is 0 Å². The quantitative estimate of drug-likeness (QED) is 0.283. The van der Waals surface area contributed by atoms with Gasteiger partial charge in [0.25, 0.3) is 0 Å². The van der Waals surface area contributed by atoms with Crippen LogP contribution in [0.4, 0.5) is 11.4 Å². The maximum absolute atomic E-state index is 5.91. The first-order chi connectivity index (χ1) is 9.72. The largest absolute Gasteiger partial charge is 0.397 e. The molecular formula is C18H13N2. The number of rotatable bonds is 0. The van der Waals surface area contributed by atoms with Gasteiger partial charge in [0.2, 0.25) is 0 Å². The topological polar surface area (TPSA) is 52.0 Å². The second kappa shape index (κ2) is 3.87. The number of nitrogen functional groups attached to an aromatic ring is 2. The van der Waals surface area contributed by atoms with Crippen LogP contribution < -0.4 is 11.5 Å². The van der Waals surface area contributed by atoms with Crippen LogP contribution in [0, 0.1) is 6.07 Å². The van der Waals surface area contributed by atoms with Crippen molar-refractivity contribution in [2.24, 2.45) is 0 Å². The fourth-order valence-corrected chi connectivity index (χ4v) is 2.74. The third kappa shape index (κ3) is 1.51. The summed E-state index contributed by atoms with van der Waals surface area (Å²) in [6.45, 7) is 0. The van der Waals surface area contributed by atoms with Gasteiger partial charge in [-0.15, -0.1) is 0 Å². The van der Waals surface area contributed by atoms with Gasteiger partial charge in [0.05, 0.1) is 11.4 Å². The third-order valence-corrected chi connectivity index (χ3v) is 3.80.